The van der Waals surface area contributed by atoms with E-state index in [0.717, 1.165) is 23.1 Å². The van der Waals surface area contributed by atoms with E-state index in [1.165, 1.54) is 5.56 Å². The number of nitrogens with zero attached hydrogens (tertiary/aromatic N) is 1. The number of likely N-dealkylation sites (N-methyl/N-ethyl adjacent to an activating group) is 1. The highest BCUT2D eigenvalue weighted by atomic mass is 35.5. The molecule has 0 spiro atoms. The summed E-state index contributed by atoms with van der Waals surface area (Å²) in [5.74, 6) is -1.19. The van der Waals surface area contributed by atoms with Crippen molar-refractivity contribution >= 4 is 34.9 Å². The molecular weight excluding hydrogens is 519 g/mol. The average Bonchev–Trinajstić information content (AvgIpc) is 2.90. The Morgan fingerprint density at radius 2 is 1.71 bits per heavy atom. The summed E-state index contributed by atoms with van der Waals surface area (Å²) in [6.07, 6.45) is 3.47. The lowest BCUT2D eigenvalue weighted by molar-refractivity contribution is -0.129. The minimum Gasteiger partial charge on any atom is -0.369 e. The van der Waals surface area contributed by atoms with Crippen LogP contribution in [0.1, 0.15) is 41.6 Å². The van der Waals surface area contributed by atoms with Crippen LogP contribution in [0.15, 0.2) is 90.5 Å². The number of primary amides is 1. The van der Waals surface area contributed by atoms with E-state index in [1.54, 1.807) is 0 Å². The molecule has 198 valence electrons. The summed E-state index contributed by atoms with van der Waals surface area (Å²) in [5, 5.41) is 1.37. The fourth-order valence-electron chi connectivity index (χ4n) is 5.09. The third-order valence-corrected chi connectivity index (χ3v) is 7.49. The quantitative estimate of drug-likeness (QED) is 0.282. The Morgan fingerprint density at radius 3 is 2.39 bits per heavy atom. The second-order valence-electron chi connectivity index (χ2n) is 9.73. The molecule has 3 aromatic carbocycles. The van der Waals surface area contributed by atoms with Gasteiger partial charge in [-0.1, -0.05) is 83.9 Å². The maximum absolute atomic E-state index is 12.7. The van der Waals surface area contributed by atoms with Crippen LogP contribution in [-0.2, 0) is 20.7 Å². The molecule has 4 rings (SSSR count). The first-order valence-electron chi connectivity index (χ1n) is 12.7. The van der Waals surface area contributed by atoms with Gasteiger partial charge in [-0.25, -0.2) is 0 Å². The van der Waals surface area contributed by atoms with Crippen molar-refractivity contribution in [2.75, 3.05) is 20.3 Å². The molecular formula is C31H32Cl2N2O3. The van der Waals surface area contributed by atoms with Crippen LogP contribution < -0.4 is 5.73 Å². The summed E-state index contributed by atoms with van der Waals surface area (Å²) in [5.41, 5.74) is 9.85. The monoisotopic (exact) mass is 550 g/mol. The normalized spacial score (nSPS) is 18.6. The summed E-state index contributed by atoms with van der Waals surface area (Å²) in [6.45, 7) is 0.211. The van der Waals surface area contributed by atoms with Crippen molar-refractivity contribution in [2.24, 2.45) is 11.7 Å². The molecule has 0 radical (unpaired) electrons. The number of rotatable bonds is 11. The average molecular weight is 552 g/mol. The number of hydrogen-bond acceptors (Lipinski definition) is 4. The van der Waals surface area contributed by atoms with Crippen molar-refractivity contribution in [3.05, 3.63) is 117 Å². The van der Waals surface area contributed by atoms with Gasteiger partial charge < -0.3 is 10.5 Å². The fourth-order valence-corrected chi connectivity index (χ4v) is 5.42. The van der Waals surface area contributed by atoms with Gasteiger partial charge in [-0.3, -0.25) is 14.5 Å². The van der Waals surface area contributed by atoms with Gasteiger partial charge in [0, 0.05) is 28.4 Å². The number of hydrogen-bond donors (Lipinski definition) is 1. The number of carbonyl (C=O) groups is 2. The number of ether oxygens (including phenoxy) is 1. The molecule has 2 N–H and O–H groups in total. The van der Waals surface area contributed by atoms with Crippen LogP contribution in [0.3, 0.4) is 0 Å². The molecule has 1 aliphatic heterocycles. The van der Waals surface area contributed by atoms with Gasteiger partial charge in [0.15, 0.2) is 5.78 Å². The summed E-state index contributed by atoms with van der Waals surface area (Å²) in [7, 11) is 2.09. The first-order chi connectivity index (χ1) is 18.3. The maximum atomic E-state index is 12.7. The summed E-state index contributed by atoms with van der Waals surface area (Å²) >= 11 is 12.5. The van der Waals surface area contributed by atoms with Crippen molar-refractivity contribution < 1.29 is 14.3 Å². The highest BCUT2D eigenvalue weighted by Gasteiger charge is 2.32. The van der Waals surface area contributed by atoms with Gasteiger partial charge in [0.1, 0.15) is 6.61 Å². The zero-order valence-electron chi connectivity index (χ0n) is 21.4. The zero-order valence-corrected chi connectivity index (χ0v) is 22.9. The standard InChI is InChI=1S/C31H32Cl2N2O3/c1-35-29(22-10-13-26(32)14-11-22)15-12-24(30(35)23-8-5-9-27(33)17-23)19-38-20-28(36)18-25(31(34)37)16-21-6-3-2-4-7-21/h2-14,17,25,29-30H,15-16,18-20H2,1H3,(H2,34,37)/t25-,29?,30+/m1/s1. The Labute approximate surface area is 234 Å². The zero-order chi connectivity index (χ0) is 27.1. The van der Waals surface area contributed by atoms with Crippen LogP contribution in [0.5, 0.6) is 0 Å². The Balaban J connectivity index is 1.44. The van der Waals surface area contributed by atoms with E-state index >= 15 is 0 Å². The number of nitrogens with two attached hydrogens (primary N) is 1. The lowest BCUT2D eigenvalue weighted by atomic mass is 9.88. The van der Waals surface area contributed by atoms with Gasteiger partial charge in [-0.15, -0.1) is 0 Å². The molecule has 3 atom stereocenters. The van der Waals surface area contributed by atoms with Crippen molar-refractivity contribution in [2.45, 2.75) is 31.3 Å². The SMILES string of the molecule is CN1C(c2ccc(Cl)cc2)CC=C(COCC(=O)C[C@@H](Cc2ccccc2)C(N)=O)[C@@H]1c1cccc(Cl)c1. The van der Waals surface area contributed by atoms with Gasteiger partial charge in [0.2, 0.25) is 5.91 Å². The third kappa shape index (κ3) is 7.33. The second kappa shape index (κ2) is 13.2. The third-order valence-electron chi connectivity index (χ3n) is 7.01. The lowest BCUT2D eigenvalue weighted by Gasteiger charge is -2.40. The molecule has 38 heavy (non-hydrogen) atoms. The van der Waals surface area contributed by atoms with E-state index in [-0.39, 0.29) is 30.9 Å². The number of benzene rings is 3. The number of carbonyl (C=O) groups excluding carboxylic acids is 2. The molecule has 0 fully saturated rings. The van der Waals surface area contributed by atoms with Crippen LogP contribution in [0.25, 0.3) is 0 Å². The number of amides is 1. The van der Waals surface area contributed by atoms with Crippen LogP contribution in [0.2, 0.25) is 10.0 Å². The molecule has 0 saturated carbocycles. The second-order valence-corrected chi connectivity index (χ2v) is 10.6. The number of ketones is 1. The molecule has 7 heteroatoms. The molecule has 1 aliphatic rings. The van der Waals surface area contributed by atoms with E-state index in [4.69, 9.17) is 33.7 Å². The van der Waals surface area contributed by atoms with Crippen LogP contribution in [0.4, 0.5) is 0 Å². The first-order valence-corrected chi connectivity index (χ1v) is 13.4. The molecule has 1 heterocycles. The fraction of sp³-hybridized carbons (Fsp3) is 0.290. The molecule has 1 unspecified atom stereocenters. The maximum Gasteiger partial charge on any atom is 0.221 e. The Kier molecular flexibility index (Phi) is 9.75. The predicted molar refractivity (Wildman–Crippen MR) is 152 cm³/mol. The highest BCUT2D eigenvalue weighted by molar-refractivity contribution is 6.30. The van der Waals surface area contributed by atoms with Crippen LogP contribution in [-0.4, -0.2) is 36.9 Å². The Morgan fingerprint density at radius 1 is 0.974 bits per heavy atom. The summed E-state index contributed by atoms with van der Waals surface area (Å²) in [6, 6.07) is 25.4. The molecule has 0 saturated heterocycles. The molecule has 0 bridgehead atoms. The van der Waals surface area contributed by atoms with Crippen molar-refractivity contribution in [1.82, 2.24) is 4.90 Å². The van der Waals surface area contributed by atoms with Gasteiger partial charge >= 0.3 is 0 Å². The minimum absolute atomic E-state index is 0.0551. The highest BCUT2D eigenvalue weighted by Crippen LogP contribution is 2.41. The molecule has 0 aromatic heterocycles. The molecule has 5 nitrogen and oxygen atoms in total. The topological polar surface area (TPSA) is 72.6 Å². The molecule has 3 aromatic rings. The van der Waals surface area contributed by atoms with E-state index in [9.17, 15) is 9.59 Å². The van der Waals surface area contributed by atoms with Gasteiger partial charge in [-0.05, 0) is 66.4 Å². The smallest absolute Gasteiger partial charge is 0.221 e. The van der Waals surface area contributed by atoms with Gasteiger partial charge in [-0.2, -0.15) is 0 Å². The summed E-state index contributed by atoms with van der Waals surface area (Å²) < 4.78 is 5.91. The lowest BCUT2D eigenvalue weighted by Crippen LogP contribution is -2.35. The van der Waals surface area contributed by atoms with Crippen molar-refractivity contribution in [3.63, 3.8) is 0 Å². The first kappa shape index (κ1) is 28.1. The predicted octanol–water partition coefficient (Wildman–Crippen LogP) is 6.36. The van der Waals surface area contributed by atoms with E-state index in [2.05, 4.69) is 36.2 Å². The van der Waals surface area contributed by atoms with E-state index in [1.807, 2.05) is 60.7 Å². The Bertz CT molecular complexity index is 1280. The van der Waals surface area contributed by atoms with Crippen LogP contribution in [0, 0.1) is 5.92 Å². The number of halogens is 2. The van der Waals surface area contributed by atoms with Crippen molar-refractivity contribution in [3.8, 4) is 0 Å². The van der Waals surface area contributed by atoms with E-state index < -0.39 is 11.8 Å². The minimum atomic E-state index is -0.562. The number of Topliss-reactive ketones (excluding diaryl/α,β-unsaturated/α-hetero) is 1. The van der Waals surface area contributed by atoms with Crippen molar-refractivity contribution in [1.29, 1.82) is 0 Å². The molecule has 1 amide bonds. The van der Waals surface area contributed by atoms with Gasteiger partial charge in [0.05, 0.1) is 12.6 Å². The largest absolute Gasteiger partial charge is 0.369 e. The molecule has 0 aliphatic carbocycles. The summed E-state index contributed by atoms with van der Waals surface area (Å²) in [4.78, 5) is 27.0. The van der Waals surface area contributed by atoms with Crippen LogP contribution >= 0.6 is 23.2 Å². The van der Waals surface area contributed by atoms with E-state index in [0.29, 0.717) is 23.1 Å². The Hall–Kier alpha value is -2.96. The van der Waals surface area contributed by atoms with Gasteiger partial charge in [0.25, 0.3) is 0 Å².